The van der Waals surface area contributed by atoms with Gasteiger partial charge in [-0.15, -0.1) is 0 Å². The first-order chi connectivity index (χ1) is 10.2. The lowest BCUT2D eigenvalue weighted by atomic mass is 9.93. The summed E-state index contributed by atoms with van der Waals surface area (Å²) >= 11 is 0. The summed E-state index contributed by atoms with van der Waals surface area (Å²) in [4.78, 5) is 12.5. The smallest absolute Gasteiger partial charge is 0.251 e. The molecule has 1 aromatic heterocycles. The van der Waals surface area contributed by atoms with Gasteiger partial charge in [0.15, 0.2) is 0 Å². The Labute approximate surface area is 124 Å². The fourth-order valence-electron chi connectivity index (χ4n) is 3.95. The van der Waals surface area contributed by atoms with Gasteiger partial charge in [0.25, 0.3) is 5.91 Å². The van der Waals surface area contributed by atoms with Gasteiger partial charge in [0.1, 0.15) is 0 Å². The average Bonchev–Trinajstić information content (AvgIpc) is 3.20. The van der Waals surface area contributed by atoms with Crippen LogP contribution in [0.15, 0.2) is 42.6 Å². The zero-order valence-electron chi connectivity index (χ0n) is 12.3. The second-order valence-electron chi connectivity index (χ2n) is 6.42. The maximum Gasteiger partial charge on any atom is 0.251 e. The third-order valence-corrected chi connectivity index (χ3v) is 5.11. The van der Waals surface area contributed by atoms with Gasteiger partial charge in [-0.1, -0.05) is 18.2 Å². The Bertz CT molecular complexity index is 728. The Morgan fingerprint density at radius 2 is 2.19 bits per heavy atom. The van der Waals surface area contributed by atoms with Gasteiger partial charge in [-0.2, -0.15) is 0 Å². The lowest BCUT2D eigenvalue weighted by Gasteiger charge is -2.18. The summed E-state index contributed by atoms with van der Waals surface area (Å²) in [6, 6.07) is 7.94. The van der Waals surface area contributed by atoms with E-state index < -0.39 is 0 Å². The molecule has 2 aliphatic carbocycles. The molecule has 21 heavy (non-hydrogen) atoms. The van der Waals surface area contributed by atoms with Crippen LogP contribution in [-0.2, 0) is 7.05 Å². The van der Waals surface area contributed by atoms with Crippen LogP contribution in [0.3, 0.4) is 0 Å². The molecule has 2 bridgehead atoms. The van der Waals surface area contributed by atoms with Crippen molar-refractivity contribution in [1.82, 2.24) is 9.88 Å². The number of amides is 1. The predicted molar refractivity (Wildman–Crippen MR) is 84.1 cm³/mol. The molecule has 1 heterocycles. The van der Waals surface area contributed by atoms with Crippen LogP contribution in [0.25, 0.3) is 10.9 Å². The molecule has 0 unspecified atom stereocenters. The van der Waals surface area contributed by atoms with Crippen molar-refractivity contribution in [1.29, 1.82) is 0 Å². The zero-order valence-corrected chi connectivity index (χ0v) is 12.3. The van der Waals surface area contributed by atoms with E-state index in [-0.39, 0.29) is 5.91 Å². The van der Waals surface area contributed by atoms with E-state index in [4.69, 9.17) is 0 Å². The van der Waals surface area contributed by atoms with Gasteiger partial charge >= 0.3 is 0 Å². The number of carbonyl (C=O) groups excluding carboxylic acids is 1. The van der Waals surface area contributed by atoms with E-state index in [0.717, 1.165) is 28.9 Å². The Kier molecular flexibility index (Phi) is 2.88. The predicted octanol–water partition coefficient (Wildman–Crippen LogP) is 3.12. The summed E-state index contributed by atoms with van der Waals surface area (Å²) in [7, 11) is 2.01. The van der Waals surface area contributed by atoms with Crippen molar-refractivity contribution in [2.45, 2.75) is 12.8 Å². The van der Waals surface area contributed by atoms with Gasteiger partial charge in [-0.25, -0.2) is 0 Å². The van der Waals surface area contributed by atoms with Crippen LogP contribution in [0, 0.1) is 17.8 Å². The zero-order chi connectivity index (χ0) is 14.4. The van der Waals surface area contributed by atoms with Gasteiger partial charge in [-0.3, -0.25) is 4.79 Å². The summed E-state index contributed by atoms with van der Waals surface area (Å²) in [5.41, 5.74) is 1.89. The van der Waals surface area contributed by atoms with E-state index in [2.05, 4.69) is 17.5 Å². The van der Waals surface area contributed by atoms with E-state index in [0.29, 0.717) is 11.8 Å². The highest BCUT2D eigenvalue weighted by molar-refractivity contribution is 6.06. The molecule has 0 saturated heterocycles. The van der Waals surface area contributed by atoms with E-state index >= 15 is 0 Å². The minimum absolute atomic E-state index is 0.0542. The summed E-state index contributed by atoms with van der Waals surface area (Å²) in [6.45, 7) is 0.799. The van der Waals surface area contributed by atoms with Crippen LogP contribution < -0.4 is 5.32 Å². The number of hydrogen-bond acceptors (Lipinski definition) is 1. The molecule has 2 aromatic rings. The van der Waals surface area contributed by atoms with Crippen molar-refractivity contribution in [2.24, 2.45) is 24.8 Å². The highest BCUT2D eigenvalue weighted by atomic mass is 16.1. The standard InChI is InChI=1S/C18H20N2O/c1-20-8-7-15-16(3-2-4-17(15)20)18(21)19-11-14-10-12-5-6-13(14)9-12/h2-8,12-14H,9-11H2,1H3,(H,19,21)/t12-,13+,14-/m1/s1. The van der Waals surface area contributed by atoms with Crippen molar-refractivity contribution in [3.05, 3.63) is 48.2 Å². The first-order valence-corrected chi connectivity index (χ1v) is 7.73. The second-order valence-corrected chi connectivity index (χ2v) is 6.42. The number of hydrogen-bond donors (Lipinski definition) is 1. The van der Waals surface area contributed by atoms with Crippen molar-refractivity contribution in [3.63, 3.8) is 0 Å². The van der Waals surface area contributed by atoms with Gasteiger partial charge in [-0.05, 0) is 48.8 Å². The molecule has 108 valence electrons. The highest BCUT2D eigenvalue weighted by Crippen LogP contribution is 2.42. The number of fused-ring (bicyclic) bond motifs is 3. The molecule has 1 fully saturated rings. The largest absolute Gasteiger partial charge is 0.352 e. The first kappa shape index (κ1) is 12.7. The second kappa shape index (κ2) is 4.76. The molecule has 3 nitrogen and oxygen atoms in total. The Balaban J connectivity index is 1.50. The van der Waals surface area contributed by atoms with Crippen molar-refractivity contribution >= 4 is 16.8 Å². The lowest BCUT2D eigenvalue weighted by Crippen LogP contribution is -2.31. The molecule has 1 N–H and O–H groups in total. The van der Waals surface area contributed by atoms with E-state index in [1.54, 1.807) is 0 Å². The van der Waals surface area contributed by atoms with Crippen molar-refractivity contribution in [2.75, 3.05) is 6.54 Å². The number of allylic oxidation sites excluding steroid dienone is 2. The van der Waals surface area contributed by atoms with Crippen LogP contribution >= 0.6 is 0 Å². The Morgan fingerprint density at radius 1 is 1.29 bits per heavy atom. The van der Waals surface area contributed by atoms with Crippen LogP contribution in [0.1, 0.15) is 23.2 Å². The SMILES string of the molecule is Cn1ccc2c(C(=O)NC[C@H]3C[C@@H]4C=C[C@H]3C4)cccc21. The number of aryl methyl sites for hydroxylation is 1. The van der Waals surface area contributed by atoms with Crippen LogP contribution in [0.4, 0.5) is 0 Å². The monoisotopic (exact) mass is 280 g/mol. The Morgan fingerprint density at radius 3 is 2.95 bits per heavy atom. The molecular weight excluding hydrogens is 260 g/mol. The lowest BCUT2D eigenvalue weighted by molar-refractivity contribution is 0.0946. The third kappa shape index (κ3) is 2.08. The van der Waals surface area contributed by atoms with E-state index in [1.165, 1.54) is 12.8 Å². The van der Waals surface area contributed by atoms with Gasteiger partial charge in [0.05, 0.1) is 0 Å². The number of rotatable bonds is 3. The third-order valence-electron chi connectivity index (χ3n) is 5.11. The van der Waals surface area contributed by atoms with Crippen molar-refractivity contribution < 1.29 is 4.79 Å². The molecular formula is C18H20N2O. The fourth-order valence-corrected chi connectivity index (χ4v) is 3.95. The molecule has 3 atom stereocenters. The van der Waals surface area contributed by atoms with E-state index in [1.807, 2.05) is 42.1 Å². The first-order valence-electron chi connectivity index (χ1n) is 7.73. The maximum atomic E-state index is 12.5. The maximum absolute atomic E-state index is 12.5. The van der Waals surface area contributed by atoms with Gasteiger partial charge < -0.3 is 9.88 Å². The van der Waals surface area contributed by atoms with Gasteiger partial charge in [0.2, 0.25) is 0 Å². The molecule has 0 spiro atoms. The Hall–Kier alpha value is -2.03. The molecule has 1 saturated carbocycles. The molecule has 0 aliphatic heterocycles. The number of carbonyl (C=O) groups is 1. The van der Waals surface area contributed by atoms with Crippen LogP contribution in [-0.4, -0.2) is 17.0 Å². The molecule has 2 aliphatic rings. The molecule has 1 aromatic carbocycles. The van der Waals surface area contributed by atoms with Crippen molar-refractivity contribution in [3.8, 4) is 0 Å². The molecule has 1 amide bonds. The normalized spacial score (nSPS) is 26.6. The summed E-state index contributed by atoms with van der Waals surface area (Å²) in [5.74, 6) is 2.12. The summed E-state index contributed by atoms with van der Waals surface area (Å²) < 4.78 is 2.05. The number of benzene rings is 1. The van der Waals surface area contributed by atoms with Gasteiger partial charge in [0, 0.05) is 36.3 Å². The highest BCUT2D eigenvalue weighted by Gasteiger charge is 2.35. The number of nitrogens with zero attached hydrogens (tertiary/aromatic N) is 1. The summed E-state index contributed by atoms with van der Waals surface area (Å²) in [6.07, 6.45) is 9.20. The summed E-state index contributed by atoms with van der Waals surface area (Å²) in [5, 5.41) is 4.18. The molecule has 3 heteroatoms. The topological polar surface area (TPSA) is 34.0 Å². The number of aromatic nitrogens is 1. The fraction of sp³-hybridized carbons (Fsp3) is 0.389. The molecule has 4 rings (SSSR count). The quantitative estimate of drug-likeness (QED) is 0.861. The number of nitrogens with one attached hydrogen (secondary N) is 1. The minimum Gasteiger partial charge on any atom is -0.352 e. The molecule has 0 radical (unpaired) electrons. The van der Waals surface area contributed by atoms with Crippen LogP contribution in [0.2, 0.25) is 0 Å². The average molecular weight is 280 g/mol. The van der Waals surface area contributed by atoms with E-state index in [9.17, 15) is 4.79 Å². The van der Waals surface area contributed by atoms with Crippen LogP contribution in [0.5, 0.6) is 0 Å². The minimum atomic E-state index is 0.0542.